The number of aliphatic hydroxyl groups excluding tert-OH is 1. The van der Waals surface area contributed by atoms with Crippen molar-refractivity contribution in [3.63, 3.8) is 0 Å². The number of hydrogen-bond donors (Lipinski definition) is 2. The number of benzene rings is 1. The van der Waals surface area contributed by atoms with Crippen LogP contribution in [-0.4, -0.2) is 57.5 Å². The number of aromatic amines is 1. The highest BCUT2D eigenvalue weighted by Crippen LogP contribution is 2.45. The summed E-state index contributed by atoms with van der Waals surface area (Å²) in [6.45, 7) is 9.28. The first-order valence-electron chi connectivity index (χ1n) is 15.8. The van der Waals surface area contributed by atoms with E-state index in [0.29, 0.717) is 35.6 Å². The number of methoxy groups -OCH3 is 2. The predicted octanol–water partition coefficient (Wildman–Crippen LogP) is 7.42. The zero-order chi connectivity index (χ0) is 31.7. The van der Waals surface area contributed by atoms with Crippen molar-refractivity contribution < 1.29 is 19.3 Å². The average molecular weight is 608 g/mol. The molecule has 9 heteroatoms. The highest BCUT2D eigenvalue weighted by molar-refractivity contribution is 5.98. The van der Waals surface area contributed by atoms with Crippen molar-refractivity contribution in [3.05, 3.63) is 64.5 Å². The molecule has 0 spiro atoms. The van der Waals surface area contributed by atoms with E-state index in [1.165, 1.54) is 16.7 Å². The molecule has 2 aromatic heterocycles. The summed E-state index contributed by atoms with van der Waals surface area (Å²) in [6, 6.07) is 5.82. The maximum atomic E-state index is 9.70. The Hall–Kier alpha value is -4.50. The number of allylic oxidation sites excluding steroid dienone is 4. The highest BCUT2D eigenvalue weighted by Gasteiger charge is 2.29. The summed E-state index contributed by atoms with van der Waals surface area (Å²) in [6.07, 6.45) is 8.47. The van der Waals surface area contributed by atoms with Crippen LogP contribution in [0.1, 0.15) is 86.8 Å². The molecule has 3 aromatic rings. The van der Waals surface area contributed by atoms with Gasteiger partial charge in [-0.1, -0.05) is 13.8 Å². The molecule has 1 aromatic carbocycles. The van der Waals surface area contributed by atoms with Gasteiger partial charge >= 0.3 is 0 Å². The Morgan fingerprint density at radius 3 is 2.22 bits per heavy atom. The molecule has 0 unspecified atom stereocenters. The number of nitrogens with zero attached hydrogens (tertiary/aromatic N) is 4. The number of ether oxygens (including phenoxy) is 3. The van der Waals surface area contributed by atoms with Crippen LogP contribution < -0.4 is 14.2 Å². The van der Waals surface area contributed by atoms with Crippen LogP contribution in [0.4, 0.5) is 0 Å². The zero-order valence-electron chi connectivity index (χ0n) is 27.0. The van der Waals surface area contributed by atoms with Crippen LogP contribution in [0.2, 0.25) is 0 Å². The normalized spacial score (nSPS) is 14.3. The molecule has 2 N–H and O–H groups in total. The third kappa shape index (κ3) is 5.50. The Balaban J connectivity index is 1.79. The molecule has 0 aliphatic carbocycles. The topological polar surface area (TPSA) is 115 Å². The van der Waals surface area contributed by atoms with Gasteiger partial charge < -0.3 is 24.3 Å². The van der Waals surface area contributed by atoms with Crippen molar-refractivity contribution in [2.75, 3.05) is 27.4 Å². The van der Waals surface area contributed by atoms with Crippen molar-refractivity contribution in [2.24, 2.45) is 0 Å². The maximum absolute atomic E-state index is 9.70. The number of fused-ring (bicyclic) bond motifs is 7. The summed E-state index contributed by atoms with van der Waals surface area (Å²) in [5.41, 5.74) is 13.5. The standard InChI is InChI=1S/C36H41N5O4/c1-7-22-23(8-2)34-36-35-25(12-10-14-45-36)21(4)31(41-35)19-38-29-17-33(44-6)32(43-5)16-28(29)37-18-30-20(3)24(11-9-13-42)27(39-30)15-26(22)40-34/h15-19,39,42H,7-14H2,1-6H3. The van der Waals surface area contributed by atoms with Crippen LogP contribution in [0.5, 0.6) is 17.2 Å². The fourth-order valence-electron chi connectivity index (χ4n) is 6.51. The molecule has 234 valence electrons. The fraction of sp³-hybridized carbons (Fsp3) is 0.389. The van der Waals surface area contributed by atoms with E-state index in [4.69, 9.17) is 34.1 Å². The van der Waals surface area contributed by atoms with Crippen molar-refractivity contribution >= 4 is 44.4 Å². The molecule has 0 atom stereocenters. The smallest absolute Gasteiger partial charge is 0.171 e. The second kappa shape index (κ2) is 12.9. The Kier molecular flexibility index (Phi) is 8.72. The quantitative estimate of drug-likeness (QED) is 0.285. The van der Waals surface area contributed by atoms with E-state index >= 15 is 0 Å². The van der Waals surface area contributed by atoms with Crippen LogP contribution in [0.3, 0.4) is 0 Å². The van der Waals surface area contributed by atoms with Gasteiger partial charge in [-0.25, -0.2) is 9.97 Å². The summed E-state index contributed by atoms with van der Waals surface area (Å²) in [4.78, 5) is 23.8. The largest absolute Gasteiger partial charge is 0.493 e. The zero-order valence-corrected chi connectivity index (χ0v) is 27.0. The number of rotatable bonds is 7. The lowest BCUT2D eigenvalue weighted by atomic mass is 9.98. The van der Waals surface area contributed by atoms with Crippen molar-refractivity contribution in [1.82, 2.24) is 24.9 Å². The Labute approximate surface area is 263 Å². The minimum Gasteiger partial charge on any atom is -0.493 e. The predicted molar refractivity (Wildman–Crippen MR) is 179 cm³/mol. The van der Waals surface area contributed by atoms with E-state index in [1.54, 1.807) is 20.4 Å². The maximum Gasteiger partial charge on any atom is 0.171 e. The summed E-state index contributed by atoms with van der Waals surface area (Å²) in [7, 11) is 3.22. The Morgan fingerprint density at radius 2 is 1.56 bits per heavy atom. The van der Waals surface area contributed by atoms with Gasteiger partial charge in [-0.3, -0.25) is 9.97 Å². The summed E-state index contributed by atoms with van der Waals surface area (Å²) < 4.78 is 17.7. The first-order chi connectivity index (χ1) is 21.9. The third-order valence-corrected chi connectivity index (χ3v) is 8.96. The van der Waals surface area contributed by atoms with Gasteiger partial charge in [0.1, 0.15) is 11.4 Å². The molecule has 9 nitrogen and oxygen atoms in total. The molecule has 0 saturated heterocycles. The van der Waals surface area contributed by atoms with Gasteiger partial charge in [0.2, 0.25) is 0 Å². The van der Waals surface area contributed by atoms with Crippen LogP contribution in [0.25, 0.3) is 44.4 Å². The molecule has 0 radical (unpaired) electrons. The van der Waals surface area contributed by atoms with E-state index < -0.39 is 0 Å². The summed E-state index contributed by atoms with van der Waals surface area (Å²) in [5, 5.41) is 9.70. The first-order valence-corrected chi connectivity index (χ1v) is 15.8. The van der Waals surface area contributed by atoms with Crippen LogP contribution >= 0.6 is 0 Å². The number of H-pyrrole nitrogens is 1. The van der Waals surface area contributed by atoms with Crippen molar-refractivity contribution in [3.8, 4) is 17.2 Å². The van der Waals surface area contributed by atoms with E-state index in [2.05, 4.69) is 38.7 Å². The second-order valence-corrected chi connectivity index (χ2v) is 11.5. The monoisotopic (exact) mass is 607 g/mol. The Bertz CT molecular complexity index is 1920. The molecule has 3 aliphatic rings. The first kappa shape index (κ1) is 30.5. The molecule has 0 fully saturated rings. The lowest BCUT2D eigenvalue weighted by Gasteiger charge is -2.09. The lowest BCUT2D eigenvalue weighted by Crippen LogP contribution is -1.99. The van der Waals surface area contributed by atoms with Gasteiger partial charge in [0, 0.05) is 24.3 Å². The van der Waals surface area contributed by atoms with Crippen molar-refractivity contribution in [1.29, 1.82) is 0 Å². The number of aliphatic hydroxyl groups is 1. The molecule has 6 rings (SSSR count). The lowest BCUT2D eigenvalue weighted by molar-refractivity contribution is 0.288. The number of aromatic nitrogens is 5. The summed E-state index contributed by atoms with van der Waals surface area (Å²) in [5.74, 6) is 1.88. The third-order valence-electron chi connectivity index (χ3n) is 8.96. The second-order valence-electron chi connectivity index (χ2n) is 11.5. The van der Waals surface area contributed by atoms with Gasteiger partial charge in [-0.05, 0) is 91.9 Å². The average Bonchev–Trinajstić information content (AvgIpc) is 3.60. The molecule has 5 heterocycles. The van der Waals surface area contributed by atoms with Crippen LogP contribution in [-0.2, 0) is 6.42 Å². The molecule has 45 heavy (non-hydrogen) atoms. The van der Waals surface area contributed by atoms with Crippen molar-refractivity contribution in [2.45, 2.75) is 66.2 Å². The minimum absolute atomic E-state index is 0.117. The SMILES string of the molecule is CCC1=C(CC)c2nc1cc1[nH]c(cnc3cc(OC)c(OC)cc3ncc3nc4c2OCCCC4=C3C)c(C)c1CCCO. The molecule has 0 amide bonds. The van der Waals surface area contributed by atoms with E-state index in [0.717, 1.165) is 88.4 Å². The number of aryl methyl sites for hydroxylation is 2. The van der Waals surface area contributed by atoms with E-state index in [9.17, 15) is 5.11 Å². The number of hydrogen-bond acceptors (Lipinski definition) is 8. The molecule has 3 aliphatic heterocycles. The molecule has 6 bridgehead atoms. The van der Waals surface area contributed by atoms with E-state index in [1.807, 2.05) is 18.3 Å². The molecule has 0 saturated carbocycles. The fourth-order valence-corrected chi connectivity index (χ4v) is 6.51. The van der Waals surface area contributed by atoms with Gasteiger partial charge in [-0.2, -0.15) is 0 Å². The van der Waals surface area contributed by atoms with Crippen LogP contribution in [0.15, 0.2) is 30.6 Å². The van der Waals surface area contributed by atoms with Crippen LogP contribution in [0, 0.1) is 6.92 Å². The highest BCUT2D eigenvalue weighted by atomic mass is 16.5. The van der Waals surface area contributed by atoms with Gasteiger partial charge in [0.05, 0.1) is 61.2 Å². The summed E-state index contributed by atoms with van der Waals surface area (Å²) >= 11 is 0. The van der Waals surface area contributed by atoms with Gasteiger partial charge in [0.25, 0.3) is 0 Å². The minimum atomic E-state index is 0.117. The van der Waals surface area contributed by atoms with E-state index in [-0.39, 0.29) is 6.61 Å². The Morgan fingerprint density at radius 1 is 0.867 bits per heavy atom. The molecular formula is C36H41N5O4. The van der Waals surface area contributed by atoms with Gasteiger partial charge in [0.15, 0.2) is 17.2 Å². The number of nitrogens with one attached hydrogen (secondary N) is 1. The molecular weight excluding hydrogens is 566 g/mol. The van der Waals surface area contributed by atoms with Gasteiger partial charge in [-0.15, -0.1) is 0 Å².